The highest BCUT2D eigenvalue weighted by Gasteiger charge is 2.10. The number of halogens is 1. The molecule has 0 saturated carbocycles. The van der Waals surface area contributed by atoms with Crippen LogP contribution < -0.4 is 10.0 Å². The molecule has 20 heavy (non-hydrogen) atoms. The zero-order valence-corrected chi connectivity index (χ0v) is 12.1. The van der Waals surface area contributed by atoms with E-state index in [-0.39, 0.29) is 29.2 Å². The molecule has 0 aliphatic heterocycles. The molecular weight excluding hydrogens is 308 g/mol. The van der Waals surface area contributed by atoms with Crippen LogP contribution in [0.15, 0.2) is 18.2 Å². The second-order valence-corrected chi connectivity index (χ2v) is 6.17. The number of amides is 1. The van der Waals surface area contributed by atoms with Gasteiger partial charge in [0, 0.05) is 6.42 Å². The van der Waals surface area contributed by atoms with E-state index < -0.39 is 21.9 Å². The number of benzene rings is 1. The number of nitrogens with one attached hydrogen (secondary N) is 2. The maximum absolute atomic E-state index is 11.5. The molecule has 0 radical (unpaired) electrons. The van der Waals surface area contributed by atoms with Gasteiger partial charge in [-0.3, -0.25) is 14.3 Å². The highest BCUT2D eigenvalue weighted by Crippen LogP contribution is 2.26. The van der Waals surface area contributed by atoms with E-state index in [0.29, 0.717) is 0 Å². The molecule has 7 nitrogen and oxygen atoms in total. The summed E-state index contributed by atoms with van der Waals surface area (Å²) in [4.78, 5) is 21.8. The number of rotatable bonds is 6. The number of carboxylic acids is 1. The molecule has 0 bridgehead atoms. The Labute approximate surface area is 121 Å². The summed E-state index contributed by atoms with van der Waals surface area (Å²) in [5.74, 6) is -1.61. The molecule has 0 fully saturated rings. The molecule has 3 N–H and O–H groups in total. The fourth-order valence-electron chi connectivity index (χ4n) is 1.33. The minimum Gasteiger partial charge on any atom is -0.481 e. The third-order valence-electron chi connectivity index (χ3n) is 2.11. The van der Waals surface area contributed by atoms with Crippen molar-refractivity contribution < 1.29 is 23.1 Å². The Bertz CT molecular complexity index is 630. The van der Waals surface area contributed by atoms with E-state index in [1.807, 2.05) is 0 Å². The van der Waals surface area contributed by atoms with Crippen LogP contribution in [-0.2, 0) is 19.6 Å². The summed E-state index contributed by atoms with van der Waals surface area (Å²) in [7, 11) is -3.44. The Hall–Kier alpha value is -1.80. The normalized spacial score (nSPS) is 10.9. The SMILES string of the molecule is CS(=O)(=O)Nc1ccc(Cl)c(NC(=O)CCC(=O)O)c1. The molecule has 0 aliphatic carbocycles. The number of sulfonamides is 1. The molecule has 1 aromatic carbocycles. The summed E-state index contributed by atoms with van der Waals surface area (Å²) in [6.45, 7) is 0. The molecule has 1 amide bonds. The number of anilines is 2. The second kappa shape index (κ2) is 6.58. The first-order valence-electron chi connectivity index (χ1n) is 5.46. The first kappa shape index (κ1) is 16.3. The van der Waals surface area contributed by atoms with Crippen molar-refractivity contribution >= 4 is 44.9 Å². The maximum Gasteiger partial charge on any atom is 0.303 e. The van der Waals surface area contributed by atoms with Crippen LogP contribution in [0.1, 0.15) is 12.8 Å². The van der Waals surface area contributed by atoms with Crippen LogP contribution in [0.5, 0.6) is 0 Å². The van der Waals surface area contributed by atoms with E-state index in [1.54, 1.807) is 0 Å². The lowest BCUT2D eigenvalue weighted by Crippen LogP contribution is -2.14. The zero-order chi connectivity index (χ0) is 15.3. The number of hydrogen-bond acceptors (Lipinski definition) is 4. The molecule has 0 atom stereocenters. The predicted octanol–water partition coefficient (Wildman–Crippen LogP) is 1.51. The largest absolute Gasteiger partial charge is 0.481 e. The number of carbonyl (C=O) groups excluding carboxylic acids is 1. The van der Waals surface area contributed by atoms with Crippen LogP contribution in [0.25, 0.3) is 0 Å². The monoisotopic (exact) mass is 320 g/mol. The van der Waals surface area contributed by atoms with Crippen molar-refractivity contribution in [2.75, 3.05) is 16.3 Å². The van der Waals surface area contributed by atoms with Gasteiger partial charge in [-0.25, -0.2) is 8.42 Å². The minimum absolute atomic E-state index is 0.199. The molecule has 0 saturated heterocycles. The van der Waals surface area contributed by atoms with Crippen LogP contribution >= 0.6 is 11.6 Å². The van der Waals surface area contributed by atoms with Crippen LogP contribution in [0, 0.1) is 0 Å². The van der Waals surface area contributed by atoms with E-state index in [9.17, 15) is 18.0 Å². The second-order valence-electron chi connectivity index (χ2n) is 4.01. The summed E-state index contributed by atoms with van der Waals surface area (Å²) in [6, 6.07) is 4.21. The molecule has 110 valence electrons. The van der Waals surface area contributed by atoms with Gasteiger partial charge in [0.2, 0.25) is 15.9 Å². The Kier molecular flexibility index (Phi) is 5.34. The standard InChI is InChI=1S/C11H13ClN2O5S/c1-20(18,19)14-7-2-3-8(12)9(6-7)13-10(15)4-5-11(16)17/h2-3,6,14H,4-5H2,1H3,(H,13,15)(H,16,17). The summed E-state index contributed by atoms with van der Waals surface area (Å²) >= 11 is 5.87. The molecule has 1 rings (SSSR count). The Morgan fingerprint density at radius 2 is 1.95 bits per heavy atom. The fourth-order valence-corrected chi connectivity index (χ4v) is 2.05. The summed E-state index contributed by atoms with van der Waals surface area (Å²) in [5, 5.41) is 11.1. The van der Waals surface area contributed by atoms with Crippen LogP contribution in [0.4, 0.5) is 11.4 Å². The lowest BCUT2D eigenvalue weighted by Gasteiger charge is -2.10. The first-order valence-corrected chi connectivity index (χ1v) is 7.73. The average Bonchev–Trinajstić information content (AvgIpc) is 2.29. The Morgan fingerprint density at radius 1 is 1.30 bits per heavy atom. The average molecular weight is 321 g/mol. The van der Waals surface area contributed by atoms with Gasteiger partial charge in [0.25, 0.3) is 0 Å². The highest BCUT2D eigenvalue weighted by molar-refractivity contribution is 7.92. The molecule has 1 aromatic rings. The third kappa shape index (κ3) is 5.89. The summed E-state index contributed by atoms with van der Waals surface area (Å²) in [6.07, 6.45) is 0.493. The van der Waals surface area contributed by atoms with E-state index in [1.165, 1.54) is 18.2 Å². The van der Waals surface area contributed by atoms with Gasteiger partial charge < -0.3 is 10.4 Å². The lowest BCUT2D eigenvalue weighted by atomic mass is 10.2. The van der Waals surface area contributed by atoms with Crippen molar-refractivity contribution in [3.05, 3.63) is 23.2 Å². The summed E-state index contributed by atoms with van der Waals surface area (Å²) < 4.78 is 24.4. The molecule has 0 spiro atoms. The molecular formula is C11H13ClN2O5S. The van der Waals surface area contributed by atoms with Crippen LogP contribution in [0.2, 0.25) is 5.02 Å². The van der Waals surface area contributed by atoms with Crippen LogP contribution in [-0.4, -0.2) is 31.7 Å². The molecule has 0 aromatic heterocycles. The van der Waals surface area contributed by atoms with Crippen LogP contribution in [0.3, 0.4) is 0 Å². The van der Waals surface area contributed by atoms with Gasteiger partial charge in [0.05, 0.1) is 29.1 Å². The highest BCUT2D eigenvalue weighted by atomic mass is 35.5. The fraction of sp³-hybridized carbons (Fsp3) is 0.273. The lowest BCUT2D eigenvalue weighted by molar-refractivity contribution is -0.138. The van der Waals surface area contributed by atoms with Crippen molar-refractivity contribution in [1.29, 1.82) is 0 Å². The van der Waals surface area contributed by atoms with Gasteiger partial charge in [-0.1, -0.05) is 11.6 Å². The van der Waals surface area contributed by atoms with E-state index >= 15 is 0 Å². The quantitative estimate of drug-likeness (QED) is 0.735. The maximum atomic E-state index is 11.5. The van der Waals surface area contributed by atoms with Gasteiger partial charge in [-0.15, -0.1) is 0 Å². The van der Waals surface area contributed by atoms with Gasteiger partial charge in [0.1, 0.15) is 0 Å². The van der Waals surface area contributed by atoms with Crippen molar-refractivity contribution in [2.24, 2.45) is 0 Å². The van der Waals surface area contributed by atoms with E-state index in [0.717, 1.165) is 6.26 Å². The van der Waals surface area contributed by atoms with Crippen molar-refractivity contribution in [3.8, 4) is 0 Å². The van der Waals surface area contributed by atoms with Crippen molar-refractivity contribution in [3.63, 3.8) is 0 Å². The van der Waals surface area contributed by atoms with Gasteiger partial charge in [-0.05, 0) is 18.2 Å². The van der Waals surface area contributed by atoms with Crippen molar-refractivity contribution in [2.45, 2.75) is 12.8 Å². The van der Waals surface area contributed by atoms with Crippen molar-refractivity contribution in [1.82, 2.24) is 0 Å². The number of carboxylic acid groups (broad SMARTS) is 1. The van der Waals surface area contributed by atoms with E-state index in [2.05, 4.69) is 10.0 Å². The summed E-state index contributed by atoms with van der Waals surface area (Å²) in [5.41, 5.74) is 0.446. The van der Waals surface area contributed by atoms with Gasteiger partial charge in [-0.2, -0.15) is 0 Å². The Morgan fingerprint density at radius 3 is 2.50 bits per heavy atom. The number of carbonyl (C=O) groups is 2. The first-order chi connectivity index (χ1) is 9.17. The molecule has 0 heterocycles. The predicted molar refractivity (Wildman–Crippen MR) is 75.4 cm³/mol. The number of hydrogen-bond donors (Lipinski definition) is 3. The molecule has 9 heteroatoms. The smallest absolute Gasteiger partial charge is 0.303 e. The van der Waals surface area contributed by atoms with E-state index in [4.69, 9.17) is 16.7 Å². The molecule has 0 aliphatic rings. The molecule has 0 unspecified atom stereocenters. The topological polar surface area (TPSA) is 113 Å². The number of aliphatic carboxylic acids is 1. The Balaban J connectivity index is 2.81. The minimum atomic E-state index is -3.44. The van der Waals surface area contributed by atoms with Gasteiger partial charge in [0.15, 0.2) is 0 Å². The third-order valence-corrected chi connectivity index (χ3v) is 3.05. The van der Waals surface area contributed by atoms with Gasteiger partial charge >= 0.3 is 5.97 Å². The zero-order valence-electron chi connectivity index (χ0n) is 10.5.